The van der Waals surface area contributed by atoms with Gasteiger partial charge in [0.25, 0.3) is 0 Å². The molecule has 28 heavy (non-hydrogen) atoms. The fourth-order valence-corrected chi connectivity index (χ4v) is 4.71. The van der Waals surface area contributed by atoms with E-state index in [9.17, 15) is 4.79 Å². The van der Waals surface area contributed by atoms with Crippen LogP contribution in [0.2, 0.25) is 0 Å². The lowest BCUT2D eigenvalue weighted by Crippen LogP contribution is -2.42. The fraction of sp³-hybridized carbons (Fsp3) is 0.409. The molecule has 1 saturated heterocycles. The topological polar surface area (TPSA) is 59.7 Å². The molecule has 2 atom stereocenters. The molecule has 4 heterocycles. The van der Waals surface area contributed by atoms with E-state index in [1.165, 1.54) is 5.69 Å². The Labute approximate surface area is 164 Å². The van der Waals surface area contributed by atoms with Crippen molar-refractivity contribution in [3.05, 3.63) is 47.8 Å². The molecule has 0 spiro atoms. The molecule has 2 aromatic heterocycles. The average molecular weight is 376 g/mol. The maximum absolute atomic E-state index is 12.6. The van der Waals surface area contributed by atoms with E-state index in [2.05, 4.69) is 16.8 Å². The molecule has 1 aromatic carbocycles. The molecule has 1 fully saturated rings. The highest BCUT2D eigenvalue weighted by Crippen LogP contribution is 2.44. The minimum Gasteiger partial charge on any atom is -0.497 e. The van der Waals surface area contributed by atoms with Gasteiger partial charge in [0.05, 0.1) is 24.5 Å². The summed E-state index contributed by atoms with van der Waals surface area (Å²) in [5.74, 6) is 1.11. The predicted octanol–water partition coefficient (Wildman–Crippen LogP) is 3.79. The maximum atomic E-state index is 12.6. The summed E-state index contributed by atoms with van der Waals surface area (Å²) < 4.78 is 7.23. The van der Waals surface area contributed by atoms with Gasteiger partial charge in [0.2, 0.25) is 5.91 Å². The monoisotopic (exact) mass is 376 g/mol. The molecule has 5 rings (SSSR count). The minimum absolute atomic E-state index is 0.151. The second-order valence-electron chi connectivity index (χ2n) is 7.69. The highest BCUT2D eigenvalue weighted by Gasteiger charge is 2.43. The summed E-state index contributed by atoms with van der Waals surface area (Å²) in [5, 5.41) is 4.86. The van der Waals surface area contributed by atoms with Crippen molar-refractivity contribution in [1.29, 1.82) is 0 Å². The van der Waals surface area contributed by atoms with Gasteiger partial charge in [0.15, 0.2) is 5.65 Å². The molecule has 1 amide bonds. The number of nitrogens with zero attached hydrogens (tertiary/aromatic N) is 4. The summed E-state index contributed by atoms with van der Waals surface area (Å²) in [7, 11) is 1.67. The van der Waals surface area contributed by atoms with Crippen LogP contribution in [0.5, 0.6) is 5.75 Å². The van der Waals surface area contributed by atoms with Crippen molar-refractivity contribution in [1.82, 2.24) is 19.5 Å². The number of ether oxygens (including phenoxy) is 1. The molecule has 0 saturated carbocycles. The van der Waals surface area contributed by atoms with Crippen LogP contribution in [0.4, 0.5) is 0 Å². The smallest absolute Gasteiger partial charge is 0.223 e. The lowest BCUT2D eigenvalue weighted by Gasteiger charge is -2.36. The Morgan fingerprint density at radius 2 is 2.07 bits per heavy atom. The standard InChI is InChI=1S/C22H24N4O2/c1-3-4-22(27)25-15-7-10-19(25)17-13-23-21-12-18(24-26(21)20(17)11-15)14-5-8-16(28-2)9-6-14/h5-6,8-9,12-13,15,19H,3-4,7,10-11H2,1-2H3. The van der Waals surface area contributed by atoms with Crippen LogP contribution in [-0.2, 0) is 11.2 Å². The molecular weight excluding hydrogens is 352 g/mol. The Morgan fingerprint density at radius 1 is 1.25 bits per heavy atom. The predicted molar refractivity (Wildman–Crippen MR) is 106 cm³/mol. The molecule has 2 unspecified atom stereocenters. The number of methoxy groups -OCH3 is 1. The first-order valence-electron chi connectivity index (χ1n) is 10.0. The molecule has 3 aromatic rings. The van der Waals surface area contributed by atoms with E-state index < -0.39 is 0 Å². The van der Waals surface area contributed by atoms with Crippen molar-refractivity contribution in [2.45, 2.75) is 51.1 Å². The third kappa shape index (κ3) is 2.58. The zero-order valence-corrected chi connectivity index (χ0v) is 16.3. The van der Waals surface area contributed by atoms with Gasteiger partial charge in [-0.1, -0.05) is 6.92 Å². The number of fused-ring (bicyclic) bond motifs is 6. The summed E-state index contributed by atoms with van der Waals surface area (Å²) in [4.78, 5) is 19.4. The second-order valence-corrected chi connectivity index (χ2v) is 7.69. The van der Waals surface area contributed by atoms with Gasteiger partial charge in [-0.15, -0.1) is 0 Å². The first-order valence-corrected chi connectivity index (χ1v) is 10.0. The number of rotatable bonds is 4. The van der Waals surface area contributed by atoms with Gasteiger partial charge in [-0.05, 0) is 43.5 Å². The molecule has 2 aliphatic heterocycles. The Bertz CT molecular complexity index is 1040. The minimum atomic E-state index is 0.151. The maximum Gasteiger partial charge on any atom is 0.223 e. The summed E-state index contributed by atoms with van der Waals surface area (Å²) in [6, 6.07) is 10.4. The van der Waals surface area contributed by atoms with E-state index in [0.29, 0.717) is 6.42 Å². The first kappa shape index (κ1) is 17.2. The fourth-order valence-electron chi connectivity index (χ4n) is 4.71. The van der Waals surface area contributed by atoms with Gasteiger partial charge in [-0.25, -0.2) is 9.50 Å². The molecule has 6 heteroatoms. The molecule has 0 radical (unpaired) electrons. The van der Waals surface area contributed by atoms with E-state index in [1.54, 1.807) is 7.11 Å². The van der Waals surface area contributed by atoms with Gasteiger partial charge in [0, 0.05) is 42.3 Å². The van der Waals surface area contributed by atoms with E-state index >= 15 is 0 Å². The Morgan fingerprint density at radius 3 is 2.82 bits per heavy atom. The second kappa shape index (κ2) is 6.62. The van der Waals surface area contributed by atoms with E-state index in [4.69, 9.17) is 9.84 Å². The number of carbonyl (C=O) groups excluding carboxylic acids is 1. The SMILES string of the molecule is CCCC(=O)N1C2CCC1c1cnc3cc(-c4ccc(OC)cc4)nn3c1C2. The number of amides is 1. The largest absolute Gasteiger partial charge is 0.497 e. The zero-order chi connectivity index (χ0) is 19.3. The van der Waals surface area contributed by atoms with Crippen molar-refractivity contribution in [2.24, 2.45) is 0 Å². The van der Waals surface area contributed by atoms with Gasteiger partial charge in [-0.2, -0.15) is 5.10 Å². The van der Waals surface area contributed by atoms with Crippen LogP contribution in [0.15, 0.2) is 36.5 Å². The average Bonchev–Trinajstić information content (AvgIpc) is 3.29. The molecule has 2 aliphatic rings. The zero-order valence-electron chi connectivity index (χ0n) is 16.3. The van der Waals surface area contributed by atoms with Crippen molar-refractivity contribution >= 4 is 11.6 Å². The highest BCUT2D eigenvalue weighted by atomic mass is 16.5. The van der Waals surface area contributed by atoms with Crippen LogP contribution in [0.1, 0.15) is 49.9 Å². The van der Waals surface area contributed by atoms with Crippen LogP contribution < -0.4 is 4.74 Å². The van der Waals surface area contributed by atoms with Crippen molar-refractivity contribution < 1.29 is 9.53 Å². The van der Waals surface area contributed by atoms with E-state index in [-0.39, 0.29) is 18.0 Å². The number of aromatic nitrogens is 3. The summed E-state index contributed by atoms with van der Waals surface area (Å²) in [5.41, 5.74) is 5.17. The highest BCUT2D eigenvalue weighted by molar-refractivity contribution is 5.78. The molecular formula is C22H24N4O2. The Balaban J connectivity index is 1.55. The van der Waals surface area contributed by atoms with Crippen LogP contribution in [0.3, 0.4) is 0 Å². The van der Waals surface area contributed by atoms with Crippen molar-refractivity contribution in [3.63, 3.8) is 0 Å². The molecule has 0 aliphatic carbocycles. The van der Waals surface area contributed by atoms with E-state index in [0.717, 1.165) is 53.9 Å². The van der Waals surface area contributed by atoms with Gasteiger partial charge < -0.3 is 9.64 Å². The first-order chi connectivity index (χ1) is 13.7. The van der Waals surface area contributed by atoms with Crippen LogP contribution in [-0.4, -0.2) is 38.6 Å². The molecule has 144 valence electrons. The summed E-state index contributed by atoms with van der Waals surface area (Å²) >= 11 is 0. The Kier molecular flexibility index (Phi) is 4.07. The molecule has 6 nitrogen and oxygen atoms in total. The quantitative estimate of drug-likeness (QED) is 0.695. The number of hydrogen-bond acceptors (Lipinski definition) is 4. The normalized spacial score (nSPS) is 20.4. The van der Waals surface area contributed by atoms with Crippen LogP contribution in [0.25, 0.3) is 16.9 Å². The summed E-state index contributed by atoms with van der Waals surface area (Å²) in [6.07, 6.45) is 6.41. The molecule has 0 N–H and O–H groups in total. The van der Waals surface area contributed by atoms with Crippen LogP contribution >= 0.6 is 0 Å². The van der Waals surface area contributed by atoms with Gasteiger partial charge >= 0.3 is 0 Å². The Hall–Kier alpha value is -2.89. The van der Waals surface area contributed by atoms with Gasteiger partial charge in [-0.3, -0.25) is 4.79 Å². The van der Waals surface area contributed by atoms with Crippen molar-refractivity contribution in [3.8, 4) is 17.0 Å². The van der Waals surface area contributed by atoms with Gasteiger partial charge in [0.1, 0.15) is 5.75 Å². The third-order valence-electron chi connectivity index (χ3n) is 6.04. The lowest BCUT2D eigenvalue weighted by molar-refractivity contribution is -0.134. The van der Waals surface area contributed by atoms with Crippen LogP contribution in [0, 0.1) is 0 Å². The van der Waals surface area contributed by atoms with E-state index in [1.807, 2.05) is 41.0 Å². The third-order valence-corrected chi connectivity index (χ3v) is 6.04. The number of carbonyl (C=O) groups is 1. The summed E-state index contributed by atoms with van der Waals surface area (Å²) in [6.45, 7) is 2.06. The van der Waals surface area contributed by atoms with Crippen molar-refractivity contribution in [2.75, 3.05) is 7.11 Å². The number of benzene rings is 1. The lowest BCUT2D eigenvalue weighted by atomic mass is 9.98. The number of hydrogen-bond donors (Lipinski definition) is 0. The molecule has 2 bridgehead atoms.